The molecule has 0 fully saturated rings. The summed E-state index contributed by atoms with van der Waals surface area (Å²) in [5, 5.41) is 21.4. The topological polar surface area (TPSA) is 58.9 Å². The van der Waals surface area contributed by atoms with Crippen molar-refractivity contribution in [1.82, 2.24) is 0 Å². The number of hydrogen-bond donors (Lipinski definition) is 2. The average Bonchev–Trinajstić information content (AvgIpc) is 2.68. The van der Waals surface area contributed by atoms with Gasteiger partial charge in [-0.3, -0.25) is 0 Å². The molecule has 4 heteroatoms. The molecule has 1 unspecified atom stereocenters. The van der Waals surface area contributed by atoms with Crippen molar-refractivity contribution in [2.24, 2.45) is 11.3 Å². The molecular formula is C30H46O4. The van der Waals surface area contributed by atoms with Crippen molar-refractivity contribution in [1.29, 1.82) is 0 Å². The molecular weight excluding hydrogens is 424 g/mol. The van der Waals surface area contributed by atoms with Gasteiger partial charge in [0.25, 0.3) is 0 Å². The first kappa shape index (κ1) is 28.2. The molecule has 190 valence electrons. The van der Waals surface area contributed by atoms with Crippen LogP contribution in [0.1, 0.15) is 96.9 Å². The zero-order valence-electron chi connectivity index (χ0n) is 23.0. The Kier molecular flexibility index (Phi) is 8.88. The SMILES string of the molecule is Cc1cc(C(C)(C)O)c(OCCOc2ccc(C(CC(C)C)C(C)(C)C)cc2)c(C(C)(C)O)c1. The Balaban J connectivity index is 2.12. The molecule has 0 aromatic heterocycles. The van der Waals surface area contributed by atoms with Gasteiger partial charge in [0, 0.05) is 11.1 Å². The monoisotopic (exact) mass is 470 g/mol. The van der Waals surface area contributed by atoms with E-state index in [0.29, 0.717) is 41.9 Å². The smallest absolute Gasteiger partial charge is 0.131 e. The lowest BCUT2D eigenvalue weighted by Gasteiger charge is -2.32. The van der Waals surface area contributed by atoms with E-state index in [9.17, 15) is 10.2 Å². The molecule has 4 nitrogen and oxygen atoms in total. The average molecular weight is 471 g/mol. The lowest BCUT2D eigenvalue weighted by Crippen LogP contribution is -2.24. The molecule has 0 saturated carbocycles. The van der Waals surface area contributed by atoms with Crippen LogP contribution >= 0.6 is 0 Å². The van der Waals surface area contributed by atoms with Gasteiger partial charge in [-0.1, -0.05) is 52.3 Å². The van der Waals surface area contributed by atoms with Crippen molar-refractivity contribution in [3.8, 4) is 11.5 Å². The highest BCUT2D eigenvalue weighted by Gasteiger charge is 2.30. The maximum Gasteiger partial charge on any atom is 0.131 e. The largest absolute Gasteiger partial charge is 0.490 e. The Hall–Kier alpha value is -2.04. The summed E-state index contributed by atoms with van der Waals surface area (Å²) < 4.78 is 12.1. The highest BCUT2D eigenvalue weighted by molar-refractivity contribution is 5.49. The van der Waals surface area contributed by atoms with Crippen molar-refractivity contribution >= 4 is 0 Å². The van der Waals surface area contributed by atoms with Gasteiger partial charge in [0.1, 0.15) is 24.7 Å². The lowest BCUT2D eigenvalue weighted by atomic mass is 9.72. The molecule has 0 spiro atoms. The van der Waals surface area contributed by atoms with Crippen molar-refractivity contribution in [3.05, 3.63) is 58.7 Å². The van der Waals surface area contributed by atoms with Crippen LogP contribution in [0, 0.1) is 18.3 Å². The van der Waals surface area contributed by atoms with Crippen molar-refractivity contribution in [3.63, 3.8) is 0 Å². The van der Waals surface area contributed by atoms with E-state index < -0.39 is 11.2 Å². The molecule has 0 saturated heterocycles. The number of aryl methyl sites for hydroxylation is 1. The Bertz CT molecular complexity index is 887. The molecule has 2 rings (SSSR count). The third-order valence-corrected chi connectivity index (χ3v) is 6.18. The fourth-order valence-corrected chi connectivity index (χ4v) is 4.40. The number of ether oxygens (including phenoxy) is 2. The van der Waals surface area contributed by atoms with Gasteiger partial charge in [-0.05, 0) is 88.1 Å². The van der Waals surface area contributed by atoms with E-state index in [1.165, 1.54) is 5.56 Å². The molecule has 0 bridgehead atoms. The molecule has 0 amide bonds. The van der Waals surface area contributed by atoms with Crippen LogP contribution in [0.25, 0.3) is 0 Å². The summed E-state index contributed by atoms with van der Waals surface area (Å²) in [4.78, 5) is 0. The van der Waals surface area contributed by atoms with Crippen LogP contribution in [0.2, 0.25) is 0 Å². The van der Waals surface area contributed by atoms with Crippen LogP contribution in [0.5, 0.6) is 11.5 Å². The van der Waals surface area contributed by atoms with Crippen molar-refractivity contribution in [2.45, 2.75) is 92.8 Å². The molecule has 0 radical (unpaired) electrons. The van der Waals surface area contributed by atoms with E-state index in [-0.39, 0.29) is 5.41 Å². The van der Waals surface area contributed by atoms with Crippen LogP contribution in [-0.2, 0) is 11.2 Å². The summed E-state index contributed by atoms with van der Waals surface area (Å²) in [6.45, 7) is 21.0. The Morgan fingerprint density at radius 3 is 1.65 bits per heavy atom. The fraction of sp³-hybridized carbons (Fsp3) is 0.600. The van der Waals surface area contributed by atoms with Gasteiger partial charge in [-0.25, -0.2) is 0 Å². The van der Waals surface area contributed by atoms with Crippen LogP contribution in [-0.4, -0.2) is 23.4 Å². The minimum atomic E-state index is -1.10. The Morgan fingerprint density at radius 2 is 1.24 bits per heavy atom. The molecule has 2 N–H and O–H groups in total. The first-order valence-corrected chi connectivity index (χ1v) is 12.5. The molecule has 1 atom stereocenters. The second kappa shape index (κ2) is 10.7. The van der Waals surface area contributed by atoms with E-state index in [0.717, 1.165) is 17.7 Å². The molecule has 0 aliphatic rings. The molecule has 34 heavy (non-hydrogen) atoms. The number of aliphatic hydroxyl groups is 2. The van der Waals surface area contributed by atoms with E-state index in [4.69, 9.17) is 9.47 Å². The highest BCUT2D eigenvalue weighted by atomic mass is 16.5. The summed E-state index contributed by atoms with van der Waals surface area (Å²) in [6, 6.07) is 12.2. The first-order chi connectivity index (χ1) is 15.5. The van der Waals surface area contributed by atoms with Gasteiger partial charge in [0.05, 0.1) is 11.2 Å². The van der Waals surface area contributed by atoms with Crippen LogP contribution < -0.4 is 9.47 Å². The zero-order chi connectivity index (χ0) is 25.9. The molecule has 2 aromatic carbocycles. The predicted molar refractivity (Wildman–Crippen MR) is 141 cm³/mol. The molecule has 0 aliphatic carbocycles. The Morgan fingerprint density at radius 1 is 0.765 bits per heavy atom. The fourth-order valence-electron chi connectivity index (χ4n) is 4.40. The second-order valence-corrected chi connectivity index (χ2v) is 12.1. The van der Waals surface area contributed by atoms with Gasteiger partial charge in [0.2, 0.25) is 0 Å². The molecule has 0 heterocycles. The standard InChI is InChI=1S/C30H46O4/c1-20(2)17-24(28(4,5)6)22-11-13-23(14-12-22)33-15-16-34-27-25(29(7,8)31)18-21(3)19-26(27)30(9,10)32/h11-14,18-20,24,31-32H,15-17H2,1-10H3. The Labute approximate surface area is 207 Å². The van der Waals surface area contributed by atoms with E-state index in [1.54, 1.807) is 27.7 Å². The minimum Gasteiger partial charge on any atom is -0.490 e. The third kappa shape index (κ3) is 7.74. The maximum absolute atomic E-state index is 10.7. The summed E-state index contributed by atoms with van der Waals surface area (Å²) >= 11 is 0. The van der Waals surface area contributed by atoms with Gasteiger partial charge in [0.15, 0.2) is 0 Å². The van der Waals surface area contributed by atoms with Crippen LogP contribution in [0.3, 0.4) is 0 Å². The van der Waals surface area contributed by atoms with Crippen LogP contribution in [0.4, 0.5) is 0 Å². The van der Waals surface area contributed by atoms with Gasteiger partial charge in [-0.2, -0.15) is 0 Å². The zero-order valence-corrected chi connectivity index (χ0v) is 23.0. The van der Waals surface area contributed by atoms with E-state index >= 15 is 0 Å². The third-order valence-electron chi connectivity index (χ3n) is 6.18. The quantitative estimate of drug-likeness (QED) is 0.364. The normalized spacial score (nSPS) is 13.8. The van der Waals surface area contributed by atoms with E-state index in [2.05, 4.69) is 46.8 Å². The number of hydrogen-bond acceptors (Lipinski definition) is 4. The van der Waals surface area contributed by atoms with Gasteiger partial charge >= 0.3 is 0 Å². The summed E-state index contributed by atoms with van der Waals surface area (Å²) in [5.74, 6) is 2.46. The summed E-state index contributed by atoms with van der Waals surface area (Å²) in [7, 11) is 0. The van der Waals surface area contributed by atoms with Gasteiger partial charge in [-0.15, -0.1) is 0 Å². The van der Waals surface area contributed by atoms with E-state index in [1.807, 2.05) is 31.2 Å². The molecule has 2 aromatic rings. The molecule has 0 aliphatic heterocycles. The van der Waals surface area contributed by atoms with Crippen molar-refractivity contribution < 1.29 is 19.7 Å². The minimum absolute atomic E-state index is 0.199. The number of rotatable bonds is 10. The summed E-state index contributed by atoms with van der Waals surface area (Å²) in [5.41, 5.74) is 1.62. The predicted octanol–water partition coefficient (Wildman–Crippen LogP) is 7.08. The van der Waals surface area contributed by atoms with Crippen molar-refractivity contribution in [2.75, 3.05) is 13.2 Å². The van der Waals surface area contributed by atoms with Crippen LogP contribution in [0.15, 0.2) is 36.4 Å². The second-order valence-electron chi connectivity index (χ2n) is 12.1. The highest BCUT2D eigenvalue weighted by Crippen LogP contribution is 2.41. The first-order valence-electron chi connectivity index (χ1n) is 12.5. The maximum atomic E-state index is 10.7. The van der Waals surface area contributed by atoms with Gasteiger partial charge < -0.3 is 19.7 Å². The summed E-state index contributed by atoms with van der Waals surface area (Å²) in [6.07, 6.45) is 1.15. The lowest BCUT2D eigenvalue weighted by molar-refractivity contribution is 0.0631. The number of benzene rings is 2.